The zero-order valence-corrected chi connectivity index (χ0v) is 10.4. The lowest BCUT2D eigenvalue weighted by molar-refractivity contribution is 0.600. The molecule has 16 heavy (non-hydrogen) atoms. The summed E-state index contributed by atoms with van der Waals surface area (Å²) in [6, 6.07) is 9.60. The molecule has 1 aliphatic heterocycles. The first-order valence-electron chi connectivity index (χ1n) is 6.33. The normalized spacial score (nSPS) is 20.0. The maximum Gasteiger partial charge on any atom is 0.0364 e. The SMILES string of the molecule is CCc1ccc(N(C)CC2CCCN2)cc1. The van der Waals surface area contributed by atoms with Gasteiger partial charge in [0.2, 0.25) is 0 Å². The Morgan fingerprint density at radius 2 is 2.06 bits per heavy atom. The molecule has 2 nitrogen and oxygen atoms in total. The predicted molar refractivity (Wildman–Crippen MR) is 70.1 cm³/mol. The van der Waals surface area contributed by atoms with Crippen molar-refractivity contribution < 1.29 is 0 Å². The number of nitrogens with zero attached hydrogens (tertiary/aromatic N) is 1. The van der Waals surface area contributed by atoms with E-state index >= 15 is 0 Å². The van der Waals surface area contributed by atoms with Gasteiger partial charge >= 0.3 is 0 Å². The smallest absolute Gasteiger partial charge is 0.0364 e. The van der Waals surface area contributed by atoms with E-state index in [0.29, 0.717) is 6.04 Å². The molecule has 0 aliphatic carbocycles. The lowest BCUT2D eigenvalue weighted by Crippen LogP contribution is -2.35. The van der Waals surface area contributed by atoms with E-state index in [1.807, 2.05) is 0 Å². The van der Waals surface area contributed by atoms with Crippen LogP contribution in [0.5, 0.6) is 0 Å². The molecule has 0 aromatic heterocycles. The van der Waals surface area contributed by atoms with Crippen molar-refractivity contribution in [1.29, 1.82) is 0 Å². The Bertz CT molecular complexity index is 312. The van der Waals surface area contributed by atoms with Gasteiger partial charge in [0.1, 0.15) is 0 Å². The molecule has 1 heterocycles. The minimum atomic E-state index is 0.677. The van der Waals surface area contributed by atoms with E-state index < -0.39 is 0 Å². The maximum absolute atomic E-state index is 3.54. The second-order valence-electron chi connectivity index (χ2n) is 4.69. The molecule has 0 bridgehead atoms. The van der Waals surface area contributed by atoms with Gasteiger partial charge in [0, 0.05) is 25.3 Å². The number of aryl methyl sites for hydroxylation is 1. The van der Waals surface area contributed by atoms with E-state index in [1.54, 1.807) is 0 Å². The molecule has 1 aromatic carbocycles. The van der Waals surface area contributed by atoms with E-state index in [9.17, 15) is 0 Å². The van der Waals surface area contributed by atoms with Crippen LogP contribution in [0.25, 0.3) is 0 Å². The fourth-order valence-corrected chi connectivity index (χ4v) is 2.33. The van der Waals surface area contributed by atoms with Gasteiger partial charge in [-0.1, -0.05) is 19.1 Å². The number of likely N-dealkylation sites (N-methyl/N-ethyl adjacent to an activating group) is 1. The van der Waals surface area contributed by atoms with Crippen LogP contribution >= 0.6 is 0 Å². The predicted octanol–water partition coefficient (Wildman–Crippen LogP) is 2.44. The zero-order chi connectivity index (χ0) is 11.4. The molecule has 1 atom stereocenters. The van der Waals surface area contributed by atoms with E-state index in [2.05, 4.69) is 48.5 Å². The second-order valence-corrected chi connectivity index (χ2v) is 4.69. The Hall–Kier alpha value is -1.02. The average Bonchev–Trinajstić information content (AvgIpc) is 2.82. The molecule has 1 saturated heterocycles. The van der Waals surface area contributed by atoms with E-state index in [1.165, 1.54) is 30.6 Å². The largest absolute Gasteiger partial charge is 0.373 e. The Balaban J connectivity index is 1.94. The maximum atomic E-state index is 3.54. The third-order valence-electron chi connectivity index (χ3n) is 3.44. The summed E-state index contributed by atoms with van der Waals surface area (Å²) in [7, 11) is 2.18. The van der Waals surface area contributed by atoms with Crippen molar-refractivity contribution in [3.63, 3.8) is 0 Å². The molecular formula is C14H22N2. The standard InChI is InChI=1S/C14H22N2/c1-3-12-6-8-14(9-7-12)16(2)11-13-5-4-10-15-13/h6-9,13,15H,3-5,10-11H2,1-2H3. The highest BCUT2D eigenvalue weighted by Gasteiger charge is 2.15. The van der Waals surface area contributed by atoms with Crippen LogP contribution in [0.2, 0.25) is 0 Å². The highest BCUT2D eigenvalue weighted by molar-refractivity contribution is 5.47. The van der Waals surface area contributed by atoms with Crippen LogP contribution < -0.4 is 10.2 Å². The van der Waals surface area contributed by atoms with Crippen molar-refractivity contribution in [2.24, 2.45) is 0 Å². The van der Waals surface area contributed by atoms with Gasteiger partial charge in [-0.25, -0.2) is 0 Å². The van der Waals surface area contributed by atoms with Gasteiger partial charge in [-0.3, -0.25) is 0 Å². The Labute approximate surface area is 98.7 Å². The molecule has 0 saturated carbocycles. The summed E-state index contributed by atoms with van der Waals surface area (Å²) in [6.45, 7) is 4.50. The van der Waals surface area contributed by atoms with Crippen LogP contribution in [-0.2, 0) is 6.42 Å². The van der Waals surface area contributed by atoms with E-state index in [-0.39, 0.29) is 0 Å². The van der Waals surface area contributed by atoms with Crippen LogP contribution in [0.15, 0.2) is 24.3 Å². The number of hydrogen-bond donors (Lipinski definition) is 1. The van der Waals surface area contributed by atoms with Gasteiger partial charge in [0.25, 0.3) is 0 Å². The lowest BCUT2D eigenvalue weighted by atomic mass is 10.1. The Kier molecular flexibility index (Phi) is 3.83. The molecule has 2 rings (SSSR count). The fourth-order valence-electron chi connectivity index (χ4n) is 2.33. The van der Waals surface area contributed by atoms with Gasteiger partial charge < -0.3 is 10.2 Å². The molecular weight excluding hydrogens is 196 g/mol. The first-order valence-corrected chi connectivity index (χ1v) is 6.33. The summed E-state index contributed by atoms with van der Waals surface area (Å²) in [5, 5.41) is 3.54. The third-order valence-corrected chi connectivity index (χ3v) is 3.44. The van der Waals surface area contributed by atoms with Gasteiger partial charge in [-0.05, 0) is 43.5 Å². The Morgan fingerprint density at radius 3 is 2.62 bits per heavy atom. The van der Waals surface area contributed by atoms with Crippen molar-refractivity contribution in [1.82, 2.24) is 5.32 Å². The highest BCUT2D eigenvalue weighted by Crippen LogP contribution is 2.16. The van der Waals surface area contributed by atoms with Crippen LogP contribution in [0, 0.1) is 0 Å². The molecule has 88 valence electrons. The first-order chi connectivity index (χ1) is 7.79. The number of anilines is 1. The molecule has 1 N–H and O–H groups in total. The lowest BCUT2D eigenvalue weighted by Gasteiger charge is -2.23. The van der Waals surface area contributed by atoms with Gasteiger partial charge in [-0.2, -0.15) is 0 Å². The fraction of sp³-hybridized carbons (Fsp3) is 0.571. The van der Waals surface area contributed by atoms with Gasteiger partial charge in [0.15, 0.2) is 0 Å². The summed E-state index contributed by atoms with van der Waals surface area (Å²) in [4.78, 5) is 2.35. The molecule has 1 unspecified atom stereocenters. The zero-order valence-electron chi connectivity index (χ0n) is 10.4. The summed E-state index contributed by atoms with van der Waals surface area (Å²) >= 11 is 0. The van der Waals surface area contributed by atoms with Crippen molar-refractivity contribution in [2.75, 3.05) is 25.0 Å². The molecule has 0 radical (unpaired) electrons. The van der Waals surface area contributed by atoms with Gasteiger partial charge in [-0.15, -0.1) is 0 Å². The minimum Gasteiger partial charge on any atom is -0.373 e. The molecule has 0 amide bonds. The highest BCUT2D eigenvalue weighted by atomic mass is 15.1. The molecule has 1 aromatic rings. The second kappa shape index (κ2) is 5.35. The van der Waals surface area contributed by atoms with Crippen LogP contribution in [-0.4, -0.2) is 26.2 Å². The van der Waals surface area contributed by atoms with Crippen molar-refractivity contribution in [3.05, 3.63) is 29.8 Å². The van der Waals surface area contributed by atoms with Crippen LogP contribution in [0.3, 0.4) is 0 Å². The molecule has 1 aliphatic rings. The molecule has 0 spiro atoms. The summed E-state index contributed by atoms with van der Waals surface area (Å²) < 4.78 is 0. The third kappa shape index (κ3) is 2.76. The van der Waals surface area contributed by atoms with Crippen molar-refractivity contribution in [2.45, 2.75) is 32.2 Å². The first kappa shape index (κ1) is 11.5. The number of rotatable bonds is 4. The molecule has 1 fully saturated rings. The Morgan fingerprint density at radius 1 is 1.31 bits per heavy atom. The van der Waals surface area contributed by atoms with E-state index in [4.69, 9.17) is 0 Å². The van der Waals surface area contributed by atoms with Crippen LogP contribution in [0.4, 0.5) is 5.69 Å². The summed E-state index contributed by atoms with van der Waals surface area (Å²) in [5.74, 6) is 0. The van der Waals surface area contributed by atoms with Crippen LogP contribution in [0.1, 0.15) is 25.3 Å². The number of benzene rings is 1. The van der Waals surface area contributed by atoms with Gasteiger partial charge in [0.05, 0.1) is 0 Å². The number of hydrogen-bond acceptors (Lipinski definition) is 2. The summed E-state index contributed by atoms with van der Waals surface area (Å²) in [6.07, 6.45) is 3.76. The van der Waals surface area contributed by atoms with E-state index in [0.717, 1.165) is 13.0 Å². The number of nitrogens with one attached hydrogen (secondary N) is 1. The molecule has 2 heteroatoms. The average molecular weight is 218 g/mol. The summed E-state index contributed by atoms with van der Waals surface area (Å²) in [5.41, 5.74) is 2.74. The van der Waals surface area contributed by atoms with Crippen molar-refractivity contribution in [3.8, 4) is 0 Å². The quantitative estimate of drug-likeness (QED) is 0.835. The van der Waals surface area contributed by atoms with Crippen molar-refractivity contribution >= 4 is 5.69 Å². The monoisotopic (exact) mass is 218 g/mol. The topological polar surface area (TPSA) is 15.3 Å². The minimum absolute atomic E-state index is 0.677.